The van der Waals surface area contributed by atoms with Crippen molar-refractivity contribution in [3.8, 4) is 11.5 Å². The minimum Gasteiger partial charge on any atom is -0.493 e. The van der Waals surface area contributed by atoms with Crippen molar-refractivity contribution in [1.82, 2.24) is 4.90 Å². The lowest BCUT2D eigenvalue weighted by molar-refractivity contribution is -0.384. The van der Waals surface area contributed by atoms with Crippen LogP contribution in [0.3, 0.4) is 0 Å². The summed E-state index contributed by atoms with van der Waals surface area (Å²) in [6.45, 7) is 0.960. The summed E-state index contributed by atoms with van der Waals surface area (Å²) in [7, 11) is 3.17. The zero-order valence-corrected chi connectivity index (χ0v) is 16.4. The lowest BCUT2D eigenvalue weighted by Gasteiger charge is -2.29. The summed E-state index contributed by atoms with van der Waals surface area (Å²) in [5.41, 5.74) is 2.83. The third-order valence-corrected chi connectivity index (χ3v) is 5.38. The molecule has 1 aliphatic heterocycles. The topological polar surface area (TPSA) is 93.9 Å². The van der Waals surface area contributed by atoms with E-state index >= 15 is 0 Å². The lowest BCUT2D eigenvalue weighted by Crippen LogP contribution is -2.36. The minimum atomic E-state index is -0.440. The highest BCUT2D eigenvalue weighted by atomic mass is 16.6. The predicted molar refractivity (Wildman–Crippen MR) is 108 cm³/mol. The summed E-state index contributed by atoms with van der Waals surface area (Å²) in [4.78, 5) is 25.8. The smallest absolute Gasteiger partial charge is 0.293 e. The molecule has 1 heterocycles. The van der Waals surface area contributed by atoms with Gasteiger partial charge >= 0.3 is 0 Å². The van der Waals surface area contributed by atoms with Gasteiger partial charge in [-0.15, -0.1) is 0 Å². The predicted octanol–water partition coefficient (Wildman–Crippen LogP) is 3.38. The summed E-state index contributed by atoms with van der Waals surface area (Å²) in [6.07, 6.45) is 2.71. The standard InChI is InChI=1S/C21H23N3O5/c1-28-19-10-13-7-8-23(12-15(13)11-20(19)29-2)21(25)14-3-6-17(22-16-4-5-16)18(9-14)24(26)27/h3,6,9-11,16,22H,4-5,7-8,12H2,1-2H3. The third kappa shape index (κ3) is 3.83. The van der Waals surface area contributed by atoms with Crippen LogP contribution in [-0.4, -0.2) is 42.5 Å². The van der Waals surface area contributed by atoms with Crippen molar-refractivity contribution in [3.63, 3.8) is 0 Å². The van der Waals surface area contributed by atoms with E-state index in [9.17, 15) is 14.9 Å². The maximum Gasteiger partial charge on any atom is 0.293 e. The van der Waals surface area contributed by atoms with Crippen LogP contribution in [0.15, 0.2) is 30.3 Å². The number of fused-ring (bicyclic) bond motifs is 1. The number of carbonyl (C=O) groups is 1. The highest BCUT2D eigenvalue weighted by molar-refractivity contribution is 5.96. The average molecular weight is 397 g/mol. The summed E-state index contributed by atoms with van der Waals surface area (Å²) >= 11 is 0. The Kier molecular flexibility index (Phi) is 5.00. The first kappa shape index (κ1) is 19.0. The highest BCUT2D eigenvalue weighted by Crippen LogP contribution is 2.35. The SMILES string of the molecule is COc1cc2c(cc1OC)CN(C(=O)c1ccc(NC3CC3)c([N+](=O)[O-])c1)CC2. The van der Waals surface area contributed by atoms with E-state index in [1.165, 1.54) is 6.07 Å². The molecule has 1 fully saturated rings. The van der Waals surface area contributed by atoms with Gasteiger partial charge in [-0.25, -0.2) is 0 Å². The number of nitro groups is 1. The molecule has 8 heteroatoms. The van der Waals surface area contributed by atoms with Gasteiger partial charge in [0.2, 0.25) is 0 Å². The van der Waals surface area contributed by atoms with Gasteiger partial charge in [-0.2, -0.15) is 0 Å². The number of methoxy groups -OCH3 is 2. The van der Waals surface area contributed by atoms with Gasteiger partial charge in [0.05, 0.1) is 19.1 Å². The Bertz CT molecular complexity index is 971. The Morgan fingerprint density at radius 3 is 2.45 bits per heavy atom. The van der Waals surface area contributed by atoms with E-state index in [1.807, 2.05) is 12.1 Å². The molecule has 0 unspecified atom stereocenters. The van der Waals surface area contributed by atoms with Crippen molar-refractivity contribution >= 4 is 17.3 Å². The maximum atomic E-state index is 13.0. The number of anilines is 1. The van der Waals surface area contributed by atoms with Crippen LogP contribution in [0, 0.1) is 10.1 Å². The van der Waals surface area contributed by atoms with E-state index < -0.39 is 4.92 Å². The number of ether oxygens (including phenoxy) is 2. The summed E-state index contributed by atoms with van der Waals surface area (Å²) in [5.74, 6) is 1.07. The van der Waals surface area contributed by atoms with E-state index in [2.05, 4.69) is 5.32 Å². The average Bonchev–Trinajstić information content (AvgIpc) is 3.55. The van der Waals surface area contributed by atoms with Crippen molar-refractivity contribution in [2.45, 2.75) is 31.8 Å². The largest absolute Gasteiger partial charge is 0.493 e. The van der Waals surface area contributed by atoms with Crippen molar-refractivity contribution in [2.75, 3.05) is 26.1 Å². The van der Waals surface area contributed by atoms with Crippen LogP contribution in [0.5, 0.6) is 11.5 Å². The van der Waals surface area contributed by atoms with Crippen LogP contribution < -0.4 is 14.8 Å². The number of carbonyl (C=O) groups excluding carboxylic acids is 1. The number of nitrogens with one attached hydrogen (secondary N) is 1. The van der Waals surface area contributed by atoms with Gasteiger partial charge in [0.15, 0.2) is 11.5 Å². The van der Waals surface area contributed by atoms with Crippen LogP contribution in [0.1, 0.15) is 34.3 Å². The molecular formula is C21H23N3O5. The van der Waals surface area contributed by atoms with E-state index in [0.717, 1.165) is 24.0 Å². The van der Waals surface area contributed by atoms with Gasteiger partial charge in [0.1, 0.15) is 5.69 Å². The number of rotatable bonds is 6. The van der Waals surface area contributed by atoms with Gasteiger partial charge in [-0.1, -0.05) is 0 Å². The molecule has 4 rings (SSSR count). The monoisotopic (exact) mass is 397 g/mol. The lowest BCUT2D eigenvalue weighted by atomic mass is 9.98. The number of amides is 1. The first-order valence-electron chi connectivity index (χ1n) is 9.58. The molecule has 2 aliphatic rings. The van der Waals surface area contributed by atoms with E-state index in [-0.39, 0.29) is 11.6 Å². The minimum absolute atomic E-state index is 0.0634. The molecule has 0 atom stereocenters. The summed E-state index contributed by atoms with van der Waals surface area (Å²) < 4.78 is 10.7. The van der Waals surface area contributed by atoms with Gasteiger partial charge in [-0.3, -0.25) is 14.9 Å². The number of nitrogens with zero attached hydrogens (tertiary/aromatic N) is 2. The van der Waals surface area contributed by atoms with Crippen LogP contribution in [0.4, 0.5) is 11.4 Å². The first-order valence-corrected chi connectivity index (χ1v) is 9.58. The van der Waals surface area contributed by atoms with Crippen molar-refractivity contribution in [3.05, 3.63) is 57.1 Å². The number of hydrogen-bond donors (Lipinski definition) is 1. The van der Waals surface area contributed by atoms with E-state index in [4.69, 9.17) is 9.47 Å². The number of nitro benzene ring substituents is 1. The molecule has 1 amide bonds. The molecule has 2 aromatic rings. The Balaban J connectivity index is 1.57. The zero-order chi connectivity index (χ0) is 20.5. The van der Waals surface area contributed by atoms with Crippen LogP contribution in [-0.2, 0) is 13.0 Å². The first-order chi connectivity index (χ1) is 14.0. The van der Waals surface area contributed by atoms with Crippen LogP contribution in [0.25, 0.3) is 0 Å². The Labute approximate surface area is 168 Å². The molecule has 0 saturated heterocycles. The fraction of sp³-hybridized carbons (Fsp3) is 0.381. The van der Waals surface area contributed by atoms with Crippen LogP contribution in [0.2, 0.25) is 0 Å². The number of hydrogen-bond acceptors (Lipinski definition) is 6. The Morgan fingerprint density at radius 1 is 1.14 bits per heavy atom. The molecule has 152 valence electrons. The van der Waals surface area contributed by atoms with Gasteiger partial charge in [0.25, 0.3) is 11.6 Å². The molecule has 0 bridgehead atoms. The van der Waals surface area contributed by atoms with Crippen molar-refractivity contribution < 1.29 is 19.2 Å². The Hall–Kier alpha value is -3.29. The van der Waals surface area contributed by atoms with Crippen molar-refractivity contribution in [2.24, 2.45) is 0 Å². The fourth-order valence-corrected chi connectivity index (χ4v) is 3.62. The second-order valence-electron chi connectivity index (χ2n) is 7.36. The number of benzene rings is 2. The van der Waals surface area contributed by atoms with E-state index in [1.54, 1.807) is 31.3 Å². The van der Waals surface area contributed by atoms with Crippen LogP contribution >= 0.6 is 0 Å². The summed E-state index contributed by atoms with van der Waals surface area (Å²) in [5, 5.41) is 14.6. The molecule has 29 heavy (non-hydrogen) atoms. The van der Waals surface area contributed by atoms with Gasteiger partial charge < -0.3 is 19.7 Å². The zero-order valence-electron chi connectivity index (χ0n) is 16.4. The quantitative estimate of drug-likeness (QED) is 0.593. The highest BCUT2D eigenvalue weighted by Gasteiger charge is 2.28. The van der Waals surface area contributed by atoms with Gasteiger partial charge in [-0.05, 0) is 54.7 Å². The Morgan fingerprint density at radius 2 is 1.83 bits per heavy atom. The second kappa shape index (κ2) is 7.62. The normalized spacial score (nSPS) is 15.4. The third-order valence-electron chi connectivity index (χ3n) is 5.38. The fourth-order valence-electron chi connectivity index (χ4n) is 3.62. The molecule has 0 spiro atoms. The van der Waals surface area contributed by atoms with Crippen molar-refractivity contribution in [1.29, 1.82) is 0 Å². The molecule has 1 aliphatic carbocycles. The molecule has 8 nitrogen and oxygen atoms in total. The molecular weight excluding hydrogens is 374 g/mol. The van der Waals surface area contributed by atoms with E-state index in [0.29, 0.717) is 48.3 Å². The second-order valence-corrected chi connectivity index (χ2v) is 7.36. The maximum absolute atomic E-state index is 13.0. The van der Waals surface area contributed by atoms with Gasteiger partial charge in [0, 0.05) is 30.8 Å². The molecule has 1 saturated carbocycles. The molecule has 0 radical (unpaired) electrons. The molecule has 2 aromatic carbocycles. The molecule has 0 aromatic heterocycles. The molecule has 1 N–H and O–H groups in total. The summed E-state index contributed by atoms with van der Waals surface area (Å²) in [6, 6.07) is 8.79.